The van der Waals surface area contributed by atoms with Gasteiger partial charge in [0.2, 0.25) is 5.91 Å². The maximum atomic E-state index is 12.4. The molecule has 0 bridgehead atoms. The minimum atomic E-state index is -0.632. The normalized spacial score (nSPS) is 15.8. The number of amides is 2. The zero-order valence-electron chi connectivity index (χ0n) is 17.0. The molecule has 1 heterocycles. The van der Waals surface area contributed by atoms with E-state index in [-0.39, 0.29) is 18.9 Å². The minimum Gasteiger partial charge on any atom is -0.495 e. The number of esters is 1. The van der Waals surface area contributed by atoms with Gasteiger partial charge in [-0.3, -0.25) is 14.4 Å². The monoisotopic (exact) mass is 474 g/mol. The number of anilines is 2. The van der Waals surface area contributed by atoms with Crippen molar-refractivity contribution in [2.75, 3.05) is 30.5 Å². The number of nitrogens with one attached hydrogen (secondary N) is 1. The fourth-order valence-corrected chi connectivity index (χ4v) is 3.65. The second-order valence-electron chi connectivity index (χ2n) is 7.16. The molecule has 8 heteroatoms. The quantitative estimate of drug-likeness (QED) is 0.646. The summed E-state index contributed by atoms with van der Waals surface area (Å²) in [4.78, 5) is 38.5. The first-order valence-corrected chi connectivity index (χ1v) is 10.3. The average Bonchev–Trinajstić information content (AvgIpc) is 3.11. The van der Waals surface area contributed by atoms with Gasteiger partial charge in [0.1, 0.15) is 5.75 Å². The Morgan fingerprint density at radius 2 is 1.87 bits per heavy atom. The third-order valence-corrected chi connectivity index (χ3v) is 6.15. The van der Waals surface area contributed by atoms with Crippen LogP contribution in [0, 0.1) is 19.8 Å². The van der Waals surface area contributed by atoms with E-state index in [9.17, 15) is 14.4 Å². The maximum Gasteiger partial charge on any atom is 0.311 e. The van der Waals surface area contributed by atoms with Gasteiger partial charge in [0, 0.05) is 23.1 Å². The summed E-state index contributed by atoms with van der Waals surface area (Å²) in [7, 11) is 1.53. The van der Waals surface area contributed by atoms with Crippen LogP contribution in [0.2, 0.25) is 0 Å². The summed E-state index contributed by atoms with van der Waals surface area (Å²) in [6, 6.07) is 10.8. The number of rotatable bonds is 6. The number of nitrogens with zero attached hydrogens (tertiary/aromatic N) is 1. The van der Waals surface area contributed by atoms with Crippen LogP contribution in [-0.4, -0.2) is 38.0 Å². The molecule has 0 aliphatic carbocycles. The highest BCUT2D eigenvalue weighted by Crippen LogP contribution is 2.33. The zero-order chi connectivity index (χ0) is 21.8. The van der Waals surface area contributed by atoms with E-state index in [2.05, 4.69) is 21.2 Å². The molecule has 158 valence electrons. The standard InChI is InChI=1S/C22H23BrN2O5/c1-13-8-16(9-14(2)21(13)23)24-19(26)12-30-22(28)15-10-20(27)25(11-15)17-6-4-5-7-18(17)29-3/h4-9,15H,10-12H2,1-3H3,(H,24,26)/t15-/m1/s1. The van der Waals surface area contributed by atoms with Gasteiger partial charge < -0.3 is 19.7 Å². The van der Waals surface area contributed by atoms with Crippen LogP contribution in [0.1, 0.15) is 17.5 Å². The van der Waals surface area contributed by atoms with Gasteiger partial charge in [-0.25, -0.2) is 0 Å². The van der Waals surface area contributed by atoms with E-state index < -0.39 is 24.4 Å². The number of hydrogen-bond acceptors (Lipinski definition) is 5. The first-order valence-electron chi connectivity index (χ1n) is 9.46. The number of para-hydroxylation sites is 2. The Kier molecular flexibility index (Phi) is 6.77. The predicted octanol–water partition coefficient (Wildman–Crippen LogP) is 3.61. The second-order valence-corrected chi connectivity index (χ2v) is 7.95. The number of carbonyl (C=O) groups is 3. The Morgan fingerprint density at radius 3 is 2.53 bits per heavy atom. The highest BCUT2D eigenvalue weighted by Gasteiger charge is 2.37. The summed E-state index contributed by atoms with van der Waals surface area (Å²) in [6.45, 7) is 3.63. The largest absolute Gasteiger partial charge is 0.495 e. The van der Waals surface area contributed by atoms with E-state index in [0.29, 0.717) is 17.1 Å². The smallest absolute Gasteiger partial charge is 0.311 e. The molecule has 1 aliphatic rings. The molecule has 0 saturated carbocycles. The lowest BCUT2D eigenvalue weighted by molar-refractivity contribution is -0.151. The molecule has 1 N–H and O–H groups in total. The minimum absolute atomic E-state index is 0.0314. The molecule has 7 nitrogen and oxygen atoms in total. The highest BCUT2D eigenvalue weighted by atomic mass is 79.9. The SMILES string of the molecule is COc1ccccc1N1C[C@H](C(=O)OCC(=O)Nc2cc(C)c(Br)c(C)c2)CC1=O. The van der Waals surface area contributed by atoms with Crippen molar-refractivity contribution >= 4 is 45.1 Å². The third-order valence-electron chi connectivity index (χ3n) is 4.90. The van der Waals surface area contributed by atoms with Crippen molar-refractivity contribution in [1.82, 2.24) is 0 Å². The van der Waals surface area contributed by atoms with Crippen molar-refractivity contribution in [1.29, 1.82) is 0 Å². The molecule has 1 fully saturated rings. The van der Waals surface area contributed by atoms with E-state index in [1.54, 1.807) is 18.2 Å². The summed E-state index contributed by atoms with van der Waals surface area (Å²) in [6.07, 6.45) is 0.0314. The van der Waals surface area contributed by atoms with Gasteiger partial charge in [-0.1, -0.05) is 28.1 Å². The molecular weight excluding hydrogens is 452 g/mol. The number of methoxy groups -OCH3 is 1. The van der Waals surface area contributed by atoms with Gasteiger partial charge in [-0.05, 0) is 49.2 Å². The lowest BCUT2D eigenvalue weighted by atomic mass is 10.1. The lowest BCUT2D eigenvalue weighted by Crippen LogP contribution is -2.28. The Balaban J connectivity index is 1.56. The van der Waals surface area contributed by atoms with Gasteiger partial charge >= 0.3 is 5.97 Å². The average molecular weight is 475 g/mol. The van der Waals surface area contributed by atoms with Gasteiger partial charge in [0.25, 0.3) is 5.91 Å². The van der Waals surface area contributed by atoms with Crippen LogP contribution in [0.4, 0.5) is 11.4 Å². The molecule has 2 amide bonds. The van der Waals surface area contributed by atoms with Crippen molar-refractivity contribution in [3.8, 4) is 5.75 Å². The summed E-state index contributed by atoms with van der Waals surface area (Å²) in [5, 5.41) is 2.72. The predicted molar refractivity (Wildman–Crippen MR) is 117 cm³/mol. The van der Waals surface area contributed by atoms with Crippen LogP contribution in [0.5, 0.6) is 5.75 Å². The van der Waals surface area contributed by atoms with E-state index in [1.807, 2.05) is 32.0 Å². The molecule has 1 atom stereocenters. The van der Waals surface area contributed by atoms with Gasteiger partial charge in [-0.2, -0.15) is 0 Å². The molecule has 0 spiro atoms. The molecule has 30 heavy (non-hydrogen) atoms. The van der Waals surface area contributed by atoms with Crippen LogP contribution in [0.15, 0.2) is 40.9 Å². The molecule has 0 unspecified atom stereocenters. The number of aryl methyl sites for hydroxylation is 2. The summed E-state index contributed by atoms with van der Waals surface area (Å²) < 4.78 is 11.4. The number of carbonyl (C=O) groups excluding carboxylic acids is 3. The van der Waals surface area contributed by atoms with Crippen LogP contribution in [0.3, 0.4) is 0 Å². The fraction of sp³-hybridized carbons (Fsp3) is 0.318. The van der Waals surface area contributed by atoms with E-state index in [0.717, 1.165) is 15.6 Å². The summed E-state index contributed by atoms with van der Waals surface area (Å²) in [5.74, 6) is -1.27. The molecule has 1 aliphatic heterocycles. The molecule has 0 aromatic heterocycles. The van der Waals surface area contributed by atoms with E-state index in [4.69, 9.17) is 9.47 Å². The molecule has 2 aromatic carbocycles. The molecule has 1 saturated heterocycles. The Hall–Kier alpha value is -2.87. The van der Waals surface area contributed by atoms with E-state index >= 15 is 0 Å². The Morgan fingerprint density at radius 1 is 1.20 bits per heavy atom. The molecule has 0 radical (unpaired) electrons. The van der Waals surface area contributed by atoms with Crippen molar-refractivity contribution in [3.05, 3.63) is 52.0 Å². The molecular formula is C22H23BrN2O5. The van der Waals surface area contributed by atoms with Crippen molar-refractivity contribution < 1.29 is 23.9 Å². The Bertz CT molecular complexity index is 968. The van der Waals surface area contributed by atoms with Crippen molar-refractivity contribution in [3.63, 3.8) is 0 Å². The first-order chi connectivity index (χ1) is 14.3. The Labute approximate surface area is 183 Å². The molecule has 3 rings (SSSR count). The summed E-state index contributed by atoms with van der Waals surface area (Å²) in [5.41, 5.74) is 3.22. The van der Waals surface area contributed by atoms with Crippen LogP contribution in [0.25, 0.3) is 0 Å². The summed E-state index contributed by atoms with van der Waals surface area (Å²) >= 11 is 3.48. The van der Waals surface area contributed by atoms with Crippen molar-refractivity contribution in [2.45, 2.75) is 20.3 Å². The van der Waals surface area contributed by atoms with E-state index in [1.165, 1.54) is 12.0 Å². The van der Waals surface area contributed by atoms with Gasteiger partial charge in [-0.15, -0.1) is 0 Å². The second kappa shape index (κ2) is 9.30. The topological polar surface area (TPSA) is 84.9 Å². The fourth-order valence-electron chi connectivity index (χ4n) is 3.42. The van der Waals surface area contributed by atoms with Gasteiger partial charge in [0.15, 0.2) is 6.61 Å². The van der Waals surface area contributed by atoms with Crippen molar-refractivity contribution in [2.24, 2.45) is 5.92 Å². The number of ether oxygens (including phenoxy) is 2. The highest BCUT2D eigenvalue weighted by molar-refractivity contribution is 9.10. The third kappa shape index (κ3) is 4.81. The maximum absolute atomic E-state index is 12.4. The molecule has 2 aromatic rings. The van der Waals surface area contributed by atoms with Crippen LogP contribution >= 0.6 is 15.9 Å². The number of hydrogen-bond donors (Lipinski definition) is 1. The number of benzene rings is 2. The van der Waals surface area contributed by atoms with Crippen LogP contribution in [-0.2, 0) is 19.1 Å². The lowest BCUT2D eigenvalue weighted by Gasteiger charge is -2.19. The van der Waals surface area contributed by atoms with Gasteiger partial charge in [0.05, 0.1) is 18.7 Å². The zero-order valence-corrected chi connectivity index (χ0v) is 18.6. The van der Waals surface area contributed by atoms with Crippen LogP contribution < -0.4 is 15.0 Å². The number of halogens is 1. The first kappa shape index (κ1) is 21.8.